The number of benzene rings is 1. The van der Waals surface area contributed by atoms with Crippen LogP contribution < -0.4 is 4.72 Å². The third-order valence-corrected chi connectivity index (χ3v) is 5.23. The molecule has 21 heavy (non-hydrogen) atoms. The molecule has 0 aliphatic heterocycles. The van der Waals surface area contributed by atoms with E-state index in [1.807, 2.05) is 0 Å². The number of aliphatic hydroxyl groups excluding tert-OH is 1. The van der Waals surface area contributed by atoms with Gasteiger partial charge in [-0.3, -0.25) is 0 Å². The molecule has 2 rings (SSSR count). The fourth-order valence-corrected chi connectivity index (χ4v) is 3.83. The van der Waals surface area contributed by atoms with Crippen molar-refractivity contribution in [2.75, 3.05) is 6.61 Å². The molecule has 0 heterocycles. The molecule has 0 saturated heterocycles. The second kappa shape index (κ2) is 6.33. The zero-order valence-electron chi connectivity index (χ0n) is 11.2. The highest BCUT2D eigenvalue weighted by atomic mass is 32.2. The first-order valence-corrected chi connectivity index (χ1v) is 8.09. The van der Waals surface area contributed by atoms with Crippen LogP contribution in [0.5, 0.6) is 0 Å². The lowest BCUT2D eigenvalue weighted by Crippen LogP contribution is -2.38. The summed E-state index contributed by atoms with van der Waals surface area (Å²) in [6, 6.07) is 0.157. The molecule has 0 atom stereocenters. The molecule has 1 aromatic rings. The molecule has 2 N–H and O–H groups in total. The van der Waals surface area contributed by atoms with Crippen LogP contribution in [0.3, 0.4) is 0 Å². The van der Waals surface area contributed by atoms with Gasteiger partial charge in [0.2, 0.25) is 10.0 Å². The van der Waals surface area contributed by atoms with Crippen LogP contribution in [0.25, 0.3) is 0 Å². The molecule has 0 spiro atoms. The van der Waals surface area contributed by atoms with Crippen molar-refractivity contribution in [3.05, 3.63) is 29.6 Å². The van der Waals surface area contributed by atoms with Gasteiger partial charge >= 0.3 is 0 Å². The zero-order valence-corrected chi connectivity index (χ0v) is 12.0. The Bertz CT molecular complexity index is 613. The quantitative estimate of drug-likeness (QED) is 0.832. The lowest BCUT2D eigenvalue weighted by molar-refractivity contribution is 0.180. The van der Waals surface area contributed by atoms with Gasteiger partial charge in [0.15, 0.2) is 11.6 Å². The van der Waals surface area contributed by atoms with Gasteiger partial charge in [-0.15, -0.1) is 0 Å². The van der Waals surface area contributed by atoms with Gasteiger partial charge in [-0.05, 0) is 37.7 Å². The van der Waals surface area contributed by atoms with E-state index in [1.54, 1.807) is 0 Å². The zero-order chi connectivity index (χ0) is 15.6. The molecule has 0 bridgehead atoms. The predicted octanol–water partition coefficient (Wildman–Crippen LogP) is 1.93. The van der Waals surface area contributed by atoms with Gasteiger partial charge in [0.1, 0.15) is 10.7 Å². The molecule has 0 unspecified atom stereocenters. The van der Waals surface area contributed by atoms with Crippen LogP contribution in [0.4, 0.5) is 13.2 Å². The van der Waals surface area contributed by atoms with Gasteiger partial charge < -0.3 is 5.11 Å². The van der Waals surface area contributed by atoms with E-state index in [0.717, 1.165) is 0 Å². The first kappa shape index (κ1) is 16.3. The lowest BCUT2D eigenvalue weighted by Gasteiger charge is -2.27. The van der Waals surface area contributed by atoms with E-state index < -0.39 is 38.4 Å². The van der Waals surface area contributed by atoms with Crippen LogP contribution in [0.2, 0.25) is 0 Å². The van der Waals surface area contributed by atoms with Crippen molar-refractivity contribution in [3.8, 4) is 0 Å². The van der Waals surface area contributed by atoms with Gasteiger partial charge in [0.05, 0.1) is 0 Å². The van der Waals surface area contributed by atoms with Crippen LogP contribution in [-0.4, -0.2) is 26.2 Å². The molecule has 0 radical (unpaired) electrons. The van der Waals surface area contributed by atoms with Crippen molar-refractivity contribution in [2.45, 2.75) is 36.6 Å². The van der Waals surface area contributed by atoms with Crippen LogP contribution in [0.15, 0.2) is 17.0 Å². The van der Waals surface area contributed by atoms with Crippen LogP contribution in [-0.2, 0) is 10.0 Å². The Labute approximate surface area is 121 Å². The van der Waals surface area contributed by atoms with E-state index in [0.29, 0.717) is 31.7 Å². The molecular formula is C13H16F3NO3S. The minimum atomic E-state index is -4.25. The van der Waals surface area contributed by atoms with E-state index >= 15 is 0 Å². The van der Waals surface area contributed by atoms with Crippen molar-refractivity contribution in [2.24, 2.45) is 5.92 Å². The average Bonchev–Trinajstić information content (AvgIpc) is 2.43. The SMILES string of the molecule is O=S(=O)(NC1CCC(CO)CC1)c1cc(F)c(F)cc1F. The molecule has 1 aliphatic carbocycles. The summed E-state index contributed by atoms with van der Waals surface area (Å²) in [5.41, 5.74) is 0. The maximum Gasteiger partial charge on any atom is 0.243 e. The second-order valence-electron chi connectivity index (χ2n) is 5.22. The van der Waals surface area contributed by atoms with Gasteiger partial charge in [-0.2, -0.15) is 0 Å². The summed E-state index contributed by atoms with van der Waals surface area (Å²) in [4.78, 5) is -0.898. The Morgan fingerprint density at radius 2 is 1.62 bits per heavy atom. The number of rotatable bonds is 4. The molecule has 0 amide bonds. The maximum atomic E-state index is 13.5. The van der Waals surface area contributed by atoms with Crippen LogP contribution in [0, 0.1) is 23.4 Å². The van der Waals surface area contributed by atoms with Crippen LogP contribution in [0.1, 0.15) is 25.7 Å². The summed E-state index contributed by atoms with van der Waals surface area (Å²) < 4.78 is 65.9. The highest BCUT2D eigenvalue weighted by Gasteiger charge is 2.28. The number of hydrogen-bond donors (Lipinski definition) is 2. The molecule has 1 saturated carbocycles. The van der Waals surface area contributed by atoms with E-state index in [1.165, 1.54) is 0 Å². The third kappa shape index (κ3) is 3.75. The molecule has 0 aromatic heterocycles. The topological polar surface area (TPSA) is 66.4 Å². The monoisotopic (exact) mass is 323 g/mol. The average molecular weight is 323 g/mol. The summed E-state index contributed by atoms with van der Waals surface area (Å²) in [7, 11) is -4.25. The Hall–Kier alpha value is -1.12. The van der Waals surface area contributed by atoms with Crippen molar-refractivity contribution in [1.82, 2.24) is 4.72 Å². The smallest absolute Gasteiger partial charge is 0.243 e. The number of halogens is 3. The molecule has 1 aliphatic rings. The fraction of sp³-hybridized carbons (Fsp3) is 0.538. The molecule has 4 nitrogen and oxygen atoms in total. The second-order valence-corrected chi connectivity index (χ2v) is 6.90. The van der Waals surface area contributed by atoms with Gasteiger partial charge in [-0.25, -0.2) is 26.3 Å². The minimum Gasteiger partial charge on any atom is -0.396 e. The predicted molar refractivity (Wildman–Crippen MR) is 69.5 cm³/mol. The van der Waals surface area contributed by atoms with Crippen molar-refractivity contribution in [3.63, 3.8) is 0 Å². The van der Waals surface area contributed by atoms with Crippen molar-refractivity contribution in [1.29, 1.82) is 0 Å². The Balaban J connectivity index is 2.14. The summed E-state index contributed by atoms with van der Waals surface area (Å²) in [5, 5.41) is 9.02. The summed E-state index contributed by atoms with van der Waals surface area (Å²) in [5.74, 6) is -4.04. The van der Waals surface area contributed by atoms with Crippen molar-refractivity contribution < 1.29 is 26.7 Å². The number of nitrogens with one attached hydrogen (secondary N) is 1. The fourth-order valence-electron chi connectivity index (χ4n) is 2.46. The first-order chi connectivity index (χ1) is 9.83. The first-order valence-electron chi connectivity index (χ1n) is 6.61. The highest BCUT2D eigenvalue weighted by molar-refractivity contribution is 7.89. The number of aliphatic hydroxyl groups is 1. The Morgan fingerprint density at radius 3 is 2.19 bits per heavy atom. The maximum absolute atomic E-state index is 13.5. The van der Waals surface area contributed by atoms with Crippen LogP contribution >= 0.6 is 0 Å². The van der Waals surface area contributed by atoms with E-state index in [9.17, 15) is 21.6 Å². The summed E-state index contributed by atoms with van der Waals surface area (Å²) >= 11 is 0. The molecule has 8 heteroatoms. The molecule has 1 fully saturated rings. The van der Waals surface area contributed by atoms with E-state index in [-0.39, 0.29) is 18.6 Å². The molecular weight excluding hydrogens is 307 g/mol. The minimum absolute atomic E-state index is 0.0528. The summed E-state index contributed by atoms with van der Waals surface area (Å²) in [6.07, 6.45) is 2.33. The largest absolute Gasteiger partial charge is 0.396 e. The van der Waals surface area contributed by atoms with Gasteiger partial charge in [0, 0.05) is 18.7 Å². The summed E-state index contributed by atoms with van der Waals surface area (Å²) in [6.45, 7) is 0.0528. The standard InChI is InChI=1S/C13H16F3NO3S/c14-10-5-12(16)13(6-11(10)15)21(19,20)17-9-3-1-8(7-18)2-4-9/h5-6,8-9,17-18H,1-4,7H2. The van der Waals surface area contributed by atoms with Crippen molar-refractivity contribution >= 4 is 10.0 Å². The normalized spacial score (nSPS) is 23.2. The Kier molecular flexibility index (Phi) is 4.90. The van der Waals surface area contributed by atoms with E-state index in [2.05, 4.69) is 4.72 Å². The van der Waals surface area contributed by atoms with Gasteiger partial charge in [0.25, 0.3) is 0 Å². The van der Waals surface area contributed by atoms with Gasteiger partial charge in [-0.1, -0.05) is 0 Å². The number of sulfonamides is 1. The Morgan fingerprint density at radius 1 is 1.05 bits per heavy atom. The van der Waals surface area contributed by atoms with E-state index in [4.69, 9.17) is 5.11 Å². The lowest BCUT2D eigenvalue weighted by atomic mass is 9.87. The highest BCUT2D eigenvalue weighted by Crippen LogP contribution is 2.26. The number of hydrogen-bond acceptors (Lipinski definition) is 3. The molecule has 1 aromatic carbocycles. The molecule has 118 valence electrons. The third-order valence-electron chi connectivity index (χ3n) is 3.69.